The monoisotopic (exact) mass is 332 g/mol. The van der Waals surface area contributed by atoms with E-state index in [2.05, 4.69) is 46.8 Å². The molecule has 1 aromatic carbocycles. The first-order valence-electron chi connectivity index (χ1n) is 10.1. The number of rotatable bonds is 10. The Kier molecular flexibility index (Phi) is 8.87. The van der Waals surface area contributed by atoms with Crippen LogP contribution in [0.25, 0.3) is 0 Å². The van der Waals surface area contributed by atoms with Crippen LogP contribution in [0.3, 0.4) is 0 Å². The zero-order chi connectivity index (χ0) is 18.2. The quantitative estimate of drug-likeness (QED) is 0.436. The number of hydrogen-bond donors (Lipinski definition) is 1. The second-order valence-corrected chi connectivity index (χ2v) is 8.53. The van der Waals surface area contributed by atoms with E-state index in [0.29, 0.717) is 11.7 Å². The van der Waals surface area contributed by atoms with Crippen LogP contribution in [0.4, 0.5) is 0 Å². The van der Waals surface area contributed by atoms with E-state index < -0.39 is 0 Å². The molecule has 1 aromatic rings. The summed E-state index contributed by atoms with van der Waals surface area (Å²) in [5.41, 5.74) is 3.55. The van der Waals surface area contributed by atoms with E-state index in [9.17, 15) is 5.11 Å². The Bertz CT molecular complexity index is 482. The Labute approximate surface area is 150 Å². The van der Waals surface area contributed by atoms with Gasteiger partial charge in [-0.1, -0.05) is 91.7 Å². The molecule has 0 saturated heterocycles. The van der Waals surface area contributed by atoms with Crippen molar-refractivity contribution in [2.24, 2.45) is 0 Å². The van der Waals surface area contributed by atoms with Crippen LogP contribution in [-0.4, -0.2) is 5.11 Å². The number of phenols is 1. The summed E-state index contributed by atoms with van der Waals surface area (Å²) in [6.45, 7) is 13.2. The number of hydrogen-bond acceptors (Lipinski definition) is 1. The first kappa shape index (κ1) is 21.1. The SMILES string of the molecule is CCCCCCCCC(CCC)c1cc(C)c(O)c(C(C)(C)C)c1. The van der Waals surface area contributed by atoms with Gasteiger partial charge in [0.05, 0.1) is 0 Å². The van der Waals surface area contributed by atoms with Gasteiger partial charge in [-0.05, 0) is 47.8 Å². The zero-order valence-corrected chi connectivity index (χ0v) is 17.0. The average molecular weight is 333 g/mol. The molecule has 0 spiro atoms. The summed E-state index contributed by atoms with van der Waals surface area (Å²) in [7, 11) is 0. The lowest BCUT2D eigenvalue weighted by Crippen LogP contribution is -2.13. The highest BCUT2D eigenvalue weighted by atomic mass is 16.3. The molecule has 0 bridgehead atoms. The van der Waals surface area contributed by atoms with Crippen molar-refractivity contribution in [3.05, 3.63) is 28.8 Å². The van der Waals surface area contributed by atoms with Gasteiger partial charge in [0.1, 0.15) is 5.75 Å². The van der Waals surface area contributed by atoms with Crippen molar-refractivity contribution in [2.45, 2.75) is 111 Å². The van der Waals surface area contributed by atoms with Gasteiger partial charge in [0.25, 0.3) is 0 Å². The van der Waals surface area contributed by atoms with Crippen LogP contribution in [0.1, 0.15) is 115 Å². The third-order valence-corrected chi connectivity index (χ3v) is 5.15. The van der Waals surface area contributed by atoms with E-state index in [0.717, 1.165) is 11.1 Å². The van der Waals surface area contributed by atoms with Crippen LogP contribution in [0.5, 0.6) is 5.75 Å². The van der Waals surface area contributed by atoms with Crippen LogP contribution in [0.15, 0.2) is 12.1 Å². The molecule has 1 nitrogen and oxygen atoms in total. The van der Waals surface area contributed by atoms with Crippen LogP contribution in [0, 0.1) is 6.92 Å². The van der Waals surface area contributed by atoms with Gasteiger partial charge in [-0.2, -0.15) is 0 Å². The smallest absolute Gasteiger partial charge is 0.122 e. The van der Waals surface area contributed by atoms with Gasteiger partial charge in [0, 0.05) is 0 Å². The summed E-state index contributed by atoms with van der Waals surface area (Å²) in [4.78, 5) is 0. The molecule has 0 aliphatic carbocycles. The van der Waals surface area contributed by atoms with Crippen molar-refractivity contribution in [1.29, 1.82) is 0 Å². The molecule has 0 amide bonds. The van der Waals surface area contributed by atoms with Gasteiger partial charge >= 0.3 is 0 Å². The molecule has 1 rings (SSSR count). The highest BCUT2D eigenvalue weighted by Crippen LogP contribution is 2.38. The van der Waals surface area contributed by atoms with E-state index in [4.69, 9.17) is 0 Å². The van der Waals surface area contributed by atoms with E-state index in [1.54, 1.807) is 0 Å². The molecule has 0 fully saturated rings. The first-order chi connectivity index (χ1) is 11.3. The van der Waals surface area contributed by atoms with Crippen molar-refractivity contribution in [2.75, 3.05) is 0 Å². The Morgan fingerprint density at radius 3 is 2.08 bits per heavy atom. The molecule has 138 valence electrons. The summed E-state index contributed by atoms with van der Waals surface area (Å²) in [5.74, 6) is 1.13. The number of benzene rings is 1. The summed E-state index contributed by atoms with van der Waals surface area (Å²) < 4.78 is 0. The second kappa shape index (κ2) is 10.1. The molecule has 0 radical (unpaired) electrons. The van der Waals surface area contributed by atoms with Gasteiger partial charge < -0.3 is 5.11 Å². The highest BCUT2D eigenvalue weighted by Gasteiger charge is 2.22. The number of unbranched alkanes of at least 4 members (excludes halogenated alkanes) is 5. The topological polar surface area (TPSA) is 20.2 Å². The van der Waals surface area contributed by atoms with Gasteiger partial charge in [-0.15, -0.1) is 0 Å². The van der Waals surface area contributed by atoms with Crippen LogP contribution in [-0.2, 0) is 5.41 Å². The van der Waals surface area contributed by atoms with E-state index in [1.807, 2.05) is 6.92 Å². The fourth-order valence-corrected chi connectivity index (χ4v) is 3.61. The van der Waals surface area contributed by atoms with E-state index in [1.165, 1.54) is 63.4 Å². The molecule has 1 atom stereocenters. The zero-order valence-electron chi connectivity index (χ0n) is 17.0. The number of aryl methyl sites for hydroxylation is 1. The third kappa shape index (κ3) is 6.49. The molecule has 0 aliphatic rings. The van der Waals surface area contributed by atoms with Crippen molar-refractivity contribution >= 4 is 0 Å². The fraction of sp³-hybridized carbons (Fsp3) is 0.739. The maximum absolute atomic E-state index is 10.5. The van der Waals surface area contributed by atoms with Crippen molar-refractivity contribution in [3.63, 3.8) is 0 Å². The Morgan fingerprint density at radius 1 is 0.875 bits per heavy atom. The predicted molar refractivity (Wildman–Crippen MR) is 107 cm³/mol. The van der Waals surface area contributed by atoms with Gasteiger partial charge in [-0.25, -0.2) is 0 Å². The predicted octanol–water partition coefficient (Wildman–Crippen LogP) is 7.63. The van der Waals surface area contributed by atoms with Crippen molar-refractivity contribution in [3.8, 4) is 5.75 Å². The molecule has 24 heavy (non-hydrogen) atoms. The molecule has 1 N–H and O–H groups in total. The first-order valence-corrected chi connectivity index (χ1v) is 10.1. The van der Waals surface area contributed by atoms with E-state index >= 15 is 0 Å². The molecule has 0 aromatic heterocycles. The van der Waals surface area contributed by atoms with E-state index in [-0.39, 0.29) is 5.41 Å². The molecule has 1 unspecified atom stereocenters. The maximum atomic E-state index is 10.5. The molecular formula is C23H40O. The van der Waals surface area contributed by atoms with Gasteiger partial charge in [0.15, 0.2) is 0 Å². The normalized spacial score (nSPS) is 13.2. The Balaban J connectivity index is 2.82. The maximum Gasteiger partial charge on any atom is 0.122 e. The Hall–Kier alpha value is -0.980. The largest absolute Gasteiger partial charge is 0.507 e. The minimum atomic E-state index is -0.0121. The lowest BCUT2D eigenvalue weighted by Gasteiger charge is -2.25. The third-order valence-electron chi connectivity index (χ3n) is 5.15. The molecule has 0 heterocycles. The standard InChI is InChI=1S/C23H40O/c1-7-9-10-11-12-13-15-19(14-8-2)20-16-18(3)22(24)21(17-20)23(4,5)6/h16-17,19,24H,7-15H2,1-6H3. The van der Waals surface area contributed by atoms with Gasteiger partial charge in [0.2, 0.25) is 0 Å². The average Bonchev–Trinajstić information content (AvgIpc) is 2.51. The van der Waals surface area contributed by atoms with Crippen LogP contribution < -0.4 is 0 Å². The Morgan fingerprint density at radius 2 is 1.50 bits per heavy atom. The number of phenolic OH excluding ortho intramolecular Hbond substituents is 1. The minimum Gasteiger partial charge on any atom is -0.507 e. The molecule has 0 aliphatic heterocycles. The summed E-state index contributed by atoms with van der Waals surface area (Å²) in [5, 5.41) is 10.5. The second-order valence-electron chi connectivity index (χ2n) is 8.53. The molecule has 0 saturated carbocycles. The minimum absolute atomic E-state index is 0.0121. The van der Waals surface area contributed by atoms with Crippen LogP contribution in [0.2, 0.25) is 0 Å². The molecular weight excluding hydrogens is 292 g/mol. The summed E-state index contributed by atoms with van der Waals surface area (Å²) in [6.07, 6.45) is 11.9. The highest BCUT2D eigenvalue weighted by molar-refractivity contribution is 5.47. The van der Waals surface area contributed by atoms with Crippen LogP contribution >= 0.6 is 0 Å². The fourth-order valence-electron chi connectivity index (χ4n) is 3.61. The lowest BCUT2D eigenvalue weighted by atomic mass is 9.80. The van der Waals surface area contributed by atoms with Crippen molar-refractivity contribution < 1.29 is 5.11 Å². The van der Waals surface area contributed by atoms with Crippen molar-refractivity contribution in [1.82, 2.24) is 0 Å². The summed E-state index contributed by atoms with van der Waals surface area (Å²) >= 11 is 0. The summed E-state index contributed by atoms with van der Waals surface area (Å²) in [6, 6.07) is 4.50. The number of aromatic hydroxyl groups is 1. The van der Waals surface area contributed by atoms with Gasteiger partial charge in [-0.3, -0.25) is 0 Å². The molecule has 1 heteroatoms. The lowest BCUT2D eigenvalue weighted by molar-refractivity contribution is 0.440.